The van der Waals surface area contributed by atoms with Crippen LogP contribution in [0.1, 0.15) is 18.1 Å². The van der Waals surface area contributed by atoms with E-state index in [2.05, 4.69) is 10.6 Å². The average Bonchev–Trinajstić information content (AvgIpc) is 2.41. The molecule has 0 atom stereocenters. The number of halogens is 1. The third-order valence-electron chi connectivity index (χ3n) is 3.07. The molecule has 3 nitrogen and oxygen atoms in total. The van der Waals surface area contributed by atoms with E-state index in [4.69, 9.17) is 0 Å². The molecular weight excluding hydrogens is 255 g/mol. The van der Waals surface area contributed by atoms with Crippen molar-refractivity contribution in [2.75, 3.05) is 10.6 Å². The molecule has 0 aliphatic heterocycles. The topological polar surface area (TPSA) is 41.1 Å². The number of hydrogen-bond donors (Lipinski definition) is 2. The van der Waals surface area contributed by atoms with Gasteiger partial charge in [-0.15, -0.1) is 0 Å². The summed E-state index contributed by atoms with van der Waals surface area (Å²) >= 11 is 0. The molecule has 0 unspecified atom stereocenters. The summed E-state index contributed by atoms with van der Waals surface area (Å²) in [6.07, 6.45) is 0. The van der Waals surface area contributed by atoms with Gasteiger partial charge in [0.2, 0.25) is 5.91 Å². The zero-order valence-corrected chi connectivity index (χ0v) is 11.5. The Morgan fingerprint density at radius 3 is 2.55 bits per heavy atom. The van der Waals surface area contributed by atoms with Crippen LogP contribution in [0.4, 0.5) is 15.8 Å². The van der Waals surface area contributed by atoms with Crippen LogP contribution in [0.5, 0.6) is 0 Å². The Kier molecular flexibility index (Phi) is 4.35. The summed E-state index contributed by atoms with van der Waals surface area (Å²) < 4.78 is 13.5. The smallest absolute Gasteiger partial charge is 0.221 e. The molecule has 0 spiro atoms. The number of hydrogen-bond acceptors (Lipinski definition) is 2. The fraction of sp³-hybridized carbons (Fsp3) is 0.188. The molecule has 0 bridgehead atoms. The van der Waals surface area contributed by atoms with Crippen molar-refractivity contribution < 1.29 is 9.18 Å². The van der Waals surface area contributed by atoms with Crippen molar-refractivity contribution in [2.45, 2.75) is 20.4 Å². The lowest BCUT2D eigenvalue weighted by atomic mass is 10.1. The quantitative estimate of drug-likeness (QED) is 0.891. The van der Waals surface area contributed by atoms with Gasteiger partial charge in [0.05, 0.1) is 0 Å². The number of carbonyl (C=O) groups excluding carboxylic acids is 1. The highest BCUT2D eigenvalue weighted by Gasteiger charge is 2.06. The molecule has 2 aromatic carbocycles. The molecular formula is C16H17FN2O. The highest BCUT2D eigenvalue weighted by atomic mass is 19.1. The molecule has 0 heterocycles. The minimum absolute atomic E-state index is 0.112. The van der Waals surface area contributed by atoms with Crippen LogP contribution in [-0.4, -0.2) is 5.91 Å². The van der Waals surface area contributed by atoms with E-state index in [0.717, 1.165) is 16.9 Å². The van der Waals surface area contributed by atoms with E-state index in [9.17, 15) is 9.18 Å². The fourth-order valence-corrected chi connectivity index (χ4v) is 1.98. The van der Waals surface area contributed by atoms with Gasteiger partial charge >= 0.3 is 0 Å². The average molecular weight is 272 g/mol. The van der Waals surface area contributed by atoms with Crippen LogP contribution < -0.4 is 10.6 Å². The Morgan fingerprint density at radius 2 is 1.80 bits per heavy atom. The molecule has 2 aromatic rings. The Labute approximate surface area is 117 Å². The lowest BCUT2D eigenvalue weighted by Gasteiger charge is -2.13. The first-order valence-corrected chi connectivity index (χ1v) is 6.42. The SMILES string of the molecule is CC(=O)Nc1ccccc1CNc1cccc(F)c1C. The molecule has 20 heavy (non-hydrogen) atoms. The van der Waals surface area contributed by atoms with E-state index < -0.39 is 0 Å². The number of para-hydroxylation sites is 1. The van der Waals surface area contributed by atoms with Gasteiger partial charge in [-0.3, -0.25) is 4.79 Å². The molecule has 104 valence electrons. The van der Waals surface area contributed by atoms with Gasteiger partial charge in [0.1, 0.15) is 5.82 Å². The van der Waals surface area contributed by atoms with Crippen molar-refractivity contribution in [1.82, 2.24) is 0 Å². The lowest BCUT2D eigenvalue weighted by molar-refractivity contribution is -0.114. The Hall–Kier alpha value is -2.36. The maximum atomic E-state index is 13.5. The lowest BCUT2D eigenvalue weighted by Crippen LogP contribution is -2.10. The summed E-state index contributed by atoms with van der Waals surface area (Å²) in [5, 5.41) is 5.98. The molecule has 0 saturated heterocycles. The molecule has 0 aromatic heterocycles. The third kappa shape index (κ3) is 3.35. The Morgan fingerprint density at radius 1 is 1.10 bits per heavy atom. The van der Waals surface area contributed by atoms with Crippen LogP contribution in [-0.2, 0) is 11.3 Å². The first-order chi connectivity index (χ1) is 9.58. The van der Waals surface area contributed by atoms with Crippen molar-refractivity contribution in [3.05, 3.63) is 59.4 Å². The van der Waals surface area contributed by atoms with Gasteiger partial charge in [0.25, 0.3) is 0 Å². The molecule has 0 fully saturated rings. The second kappa shape index (κ2) is 6.19. The van der Waals surface area contributed by atoms with Gasteiger partial charge in [-0.1, -0.05) is 24.3 Å². The first kappa shape index (κ1) is 14.1. The van der Waals surface area contributed by atoms with E-state index in [1.807, 2.05) is 30.3 Å². The van der Waals surface area contributed by atoms with Gasteiger partial charge in [0.15, 0.2) is 0 Å². The summed E-state index contributed by atoms with van der Waals surface area (Å²) in [5.41, 5.74) is 3.06. The van der Waals surface area contributed by atoms with Crippen LogP contribution in [0.25, 0.3) is 0 Å². The molecule has 0 aliphatic carbocycles. The summed E-state index contributed by atoms with van der Waals surface area (Å²) in [6, 6.07) is 12.5. The molecule has 2 rings (SSSR count). The molecule has 0 radical (unpaired) electrons. The van der Waals surface area contributed by atoms with E-state index >= 15 is 0 Å². The molecule has 2 N–H and O–H groups in total. The van der Waals surface area contributed by atoms with Crippen molar-refractivity contribution in [2.24, 2.45) is 0 Å². The highest BCUT2D eigenvalue weighted by Crippen LogP contribution is 2.20. The summed E-state index contributed by atoms with van der Waals surface area (Å²) in [5.74, 6) is -0.343. The van der Waals surface area contributed by atoms with E-state index in [-0.39, 0.29) is 11.7 Å². The van der Waals surface area contributed by atoms with Crippen molar-refractivity contribution in [1.29, 1.82) is 0 Å². The van der Waals surface area contributed by atoms with Crippen LogP contribution in [0, 0.1) is 12.7 Å². The van der Waals surface area contributed by atoms with E-state index in [0.29, 0.717) is 12.1 Å². The van der Waals surface area contributed by atoms with Gasteiger partial charge < -0.3 is 10.6 Å². The number of rotatable bonds is 4. The normalized spacial score (nSPS) is 10.2. The van der Waals surface area contributed by atoms with E-state index in [1.54, 1.807) is 13.0 Å². The number of anilines is 2. The minimum atomic E-state index is -0.231. The summed E-state index contributed by atoms with van der Waals surface area (Å²) in [7, 11) is 0. The highest BCUT2D eigenvalue weighted by molar-refractivity contribution is 5.89. The molecule has 1 amide bonds. The van der Waals surface area contributed by atoms with Crippen molar-refractivity contribution >= 4 is 17.3 Å². The van der Waals surface area contributed by atoms with Crippen LogP contribution >= 0.6 is 0 Å². The standard InChI is InChI=1S/C16H17FN2O/c1-11-14(17)7-5-9-15(11)18-10-13-6-3-4-8-16(13)19-12(2)20/h3-9,18H,10H2,1-2H3,(H,19,20). The van der Waals surface area contributed by atoms with Crippen LogP contribution in [0.15, 0.2) is 42.5 Å². The monoisotopic (exact) mass is 272 g/mol. The largest absolute Gasteiger partial charge is 0.381 e. The maximum absolute atomic E-state index is 13.5. The Balaban J connectivity index is 2.15. The predicted octanol–water partition coefficient (Wildman–Crippen LogP) is 3.70. The van der Waals surface area contributed by atoms with E-state index in [1.165, 1.54) is 13.0 Å². The molecule has 0 saturated carbocycles. The zero-order chi connectivity index (χ0) is 14.5. The number of amides is 1. The second-order valence-corrected chi connectivity index (χ2v) is 4.60. The van der Waals surface area contributed by atoms with Crippen LogP contribution in [0.2, 0.25) is 0 Å². The number of carbonyl (C=O) groups is 1. The second-order valence-electron chi connectivity index (χ2n) is 4.60. The number of nitrogens with one attached hydrogen (secondary N) is 2. The Bertz CT molecular complexity index is 626. The predicted molar refractivity (Wildman–Crippen MR) is 79.2 cm³/mol. The minimum Gasteiger partial charge on any atom is -0.381 e. The van der Waals surface area contributed by atoms with Gasteiger partial charge in [-0.25, -0.2) is 4.39 Å². The fourth-order valence-electron chi connectivity index (χ4n) is 1.98. The molecule has 4 heteroatoms. The van der Waals surface area contributed by atoms with Crippen molar-refractivity contribution in [3.63, 3.8) is 0 Å². The van der Waals surface area contributed by atoms with Gasteiger partial charge in [0, 0.05) is 30.4 Å². The number of benzene rings is 2. The van der Waals surface area contributed by atoms with Crippen molar-refractivity contribution in [3.8, 4) is 0 Å². The van der Waals surface area contributed by atoms with Crippen LogP contribution in [0.3, 0.4) is 0 Å². The maximum Gasteiger partial charge on any atom is 0.221 e. The summed E-state index contributed by atoms with van der Waals surface area (Å²) in [4.78, 5) is 11.2. The zero-order valence-electron chi connectivity index (χ0n) is 11.5. The van der Waals surface area contributed by atoms with Gasteiger partial charge in [-0.05, 0) is 30.7 Å². The molecule has 0 aliphatic rings. The van der Waals surface area contributed by atoms with Gasteiger partial charge in [-0.2, -0.15) is 0 Å². The first-order valence-electron chi connectivity index (χ1n) is 6.42. The summed E-state index contributed by atoms with van der Waals surface area (Å²) in [6.45, 7) is 3.72. The third-order valence-corrected chi connectivity index (χ3v) is 3.07.